The fraction of sp³-hybridized carbons (Fsp3) is 0.733. The maximum absolute atomic E-state index is 2.31. The first kappa shape index (κ1) is 14.5. The van der Waals surface area contributed by atoms with Crippen LogP contribution in [0.25, 0.3) is 0 Å². The standard InChI is InChI=1S/C15H28/c1-4-6-7-8-9-10-11-12-13-14-15(3)5-2/h5,13-14H,4,6-12H2,1-3H3/b14-13+,15-5?. The van der Waals surface area contributed by atoms with Crippen LogP contribution in [0.3, 0.4) is 0 Å². The lowest BCUT2D eigenvalue weighted by atomic mass is 10.1. The maximum atomic E-state index is 2.31. The molecule has 0 unspecified atom stereocenters. The van der Waals surface area contributed by atoms with Crippen molar-refractivity contribution in [2.75, 3.05) is 0 Å². The lowest BCUT2D eigenvalue weighted by molar-refractivity contribution is 0.592. The smallest absolute Gasteiger partial charge is 0.0348 e. The molecule has 0 nitrogen and oxygen atoms in total. The molecule has 0 aromatic rings. The molecule has 0 amide bonds. The second-order valence-electron chi connectivity index (χ2n) is 4.35. The minimum atomic E-state index is 1.25. The normalized spacial score (nSPS) is 12.6. The minimum absolute atomic E-state index is 1.25. The van der Waals surface area contributed by atoms with Crippen molar-refractivity contribution in [3.05, 3.63) is 23.8 Å². The molecule has 0 N–H and O–H groups in total. The Morgan fingerprint density at radius 1 is 0.933 bits per heavy atom. The van der Waals surface area contributed by atoms with Gasteiger partial charge in [-0.25, -0.2) is 0 Å². The van der Waals surface area contributed by atoms with Crippen molar-refractivity contribution in [3.8, 4) is 0 Å². The van der Waals surface area contributed by atoms with Crippen LogP contribution in [0, 0.1) is 0 Å². The topological polar surface area (TPSA) is 0 Å². The third-order valence-electron chi connectivity index (χ3n) is 2.81. The van der Waals surface area contributed by atoms with E-state index in [4.69, 9.17) is 0 Å². The van der Waals surface area contributed by atoms with E-state index in [0.29, 0.717) is 0 Å². The summed E-state index contributed by atoms with van der Waals surface area (Å²) in [4.78, 5) is 0. The Hall–Kier alpha value is -0.520. The van der Waals surface area contributed by atoms with Gasteiger partial charge in [0.2, 0.25) is 0 Å². The Balaban J connectivity index is 3.14. The average molecular weight is 208 g/mol. The first-order chi connectivity index (χ1) is 7.31. The Labute approximate surface area is 96.5 Å². The maximum Gasteiger partial charge on any atom is -0.0348 e. The summed E-state index contributed by atoms with van der Waals surface area (Å²) >= 11 is 0. The van der Waals surface area contributed by atoms with Crippen LogP contribution in [-0.4, -0.2) is 0 Å². The fourth-order valence-corrected chi connectivity index (χ4v) is 1.58. The first-order valence-electron chi connectivity index (χ1n) is 6.60. The van der Waals surface area contributed by atoms with Gasteiger partial charge in [0.1, 0.15) is 0 Å². The van der Waals surface area contributed by atoms with Crippen molar-refractivity contribution in [1.82, 2.24) is 0 Å². The van der Waals surface area contributed by atoms with Gasteiger partial charge >= 0.3 is 0 Å². The highest BCUT2D eigenvalue weighted by Crippen LogP contribution is 2.09. The Morgan fingerprint density at radius 2 is 1.53 bits per heavy atom. The number of rotatable bonds is 9. The van der Waals surface area contributed by atoms with E-state index in [1.165, 1.54) is 56.9 Å². The molecule has 0 bridgehead atoms. The summed E-state index contributed by atoms with van der Waals surface area (Å²) in [5.41, 5.74) is 1.37. The number of hydrogen-bond donors (Lipinski definition) is 0. The first-order valence-corrected chi connectivity index (χ1v) is 6.60. The van der Waals surface area contributed by atoms with Gasteiger partial charge in [0.25, 0.3) is 0 Å². The highest BCUT2D eigenvalue weighted by atomic mass is 14.0. The summed E-state index contributed by atoms with van der Waals surface area (Å²) in [7, 11) is 0. The Bertz CT molecular complexity index is 174. The molecule has 0 aliphatic carbocycles. The lowest BCUT2D eigenvalue weighted by Crippen LogP contribution is -1.79. The Morgan fingerprint density at radius 3 is 2.13 bits per heavy atom. The van der Waals surface area contributed by atoms with Crippen LogP contribution in [0.15, 0.2) is 23.8 Å². The molecule has 0 aromatic heterocycles. The van der Waals surface area contributed by atoms with Crippen LogP contribution in [-0.2, 0) is 0 Å². The average Bonchev–Trinajstić information content (AvgIpc) is 2.26. The van der Waals surface area contributed by atoms with Crippen molar-refractivity contribution in [1.29, 1.82) is 0 Å². The van der Waals surface area contributed by atoms with Crippen molar-refractivity contribution < 1.29 is 0 Å². The van der Waals surface area contributed by atoms with Gasteiger partial charge in [0, 0.05) is 0 Å². The summed E-state index contributed by atoms with van der Waals surface area (Å²) in [5.74, 6) is 0. The lowest BCUT2D eigenvalue weighted by Gasteiger charge is -1.98. The van der Waals surface area contributed by atoms with Crippen LogP contribution < -0.4 is 0 Å². The number of allylic oxidation sites excluding steroid dienone is 4. The van der Waals surface area contributed by atoms with E-state index in [0.717, 1.165) is 0 Å². The third-order valence-corrected chi connectivity index (χ3v) is 2.81. The summed E-state index contributed by atoms with van der Waals surface area (Å²) in [6.07, 6.45) is 17.8. The molecule has 0 aromatic carbocycles. The van der Waals surface area contributed by atoms with Gasteiger partial charge in [-0.1, -0.05) is 69.2 Å². The quantitative estimate of drug-likeness (QED) is 0.339. The van der Waals surface area contributed by atoms with Gasteiger partial charge in [-0.15, -0.1) is 0 Å². The Kier molecular flexibility index (Phi) is 11.2. The molecule has 0 heteroatoms. The molecule has 0 spiro atoms. The predicted octanol–water partition coefficient (Wildman–Crippen LogP) is 5.65. The molecule has 0 saturated heterocycles. The second-order valence-corrected chi connectivity index (χ2v) is 4.35. The van der Waals surface area contributed by atoms with Gasteiger partial charge in [-0.05, 0) is 26.7 Å². The zero-order valence-electron chi connectivity index (χ0n) is 10.9. The summed E-state index contributed by atoms with van der Waals surface area (Å²) in [5, 5.41) is 0. The van der Waals surface area contributed by atoms with E-state index in [-0.39, 0.29) is 0 Å². The van der Waals surface area contributed by atoms with Crippen molar-refractivity contribution in [3.63, 3.8) is 0 Å². The molecule has 15 heavy (non-hydrogen) atoms. The van der Waals surface area contributed by atoms with Gasteiger partial charge < -0.3 is 0 Å². The zero-order valence-corrected chi connectivity index (χ0v) is 10.9. The highest BCUT2D eigenvalue weighted by molar-refractivity contribution is 5.14. The fourth-order valence-electron chi connectivity index (χ4n) is 1.58. The predicted molar refractivity (Wildman–Crippen MR) is 71.2 cm³/mol. The van der Waals surface area contributed by atoms with Gasteiger partial charge in [0.15, 0.2) is 0 Å². The molecule has 0 saturated carbocycles. The minimum Gasteiger partial charge on any atom is -0.0847 e. The molecular weight excluding hydrogens is 180 g/mol. The van der Waals surface area contributed by atoms with Crippen LogP contribution in [0.2, 0.25) is 0 Å². The summed E-state index contributed by atoms with van der Waals surface area (Å²) in [6.45, 7) is 6.52. The third kappa shape index (κ3) is 11.4. The van der Waals surface area contributed by atoms with Crippen LogP contribution in [0.5, 0.6) is 0 Å². The molecule has 0 radical (unpaired) electrons. The summed E-state index contributed by atoms with van der Waals surface area (Å²) in [6, 6.07) is 0. The molecule has 0 heterocycles. The largest absolute Gasteiger partial charge is 0.0847 e. The van der Waals surface area contributed by atoms with E-state index in [9.17, 15) is 0 Å². The monoisotopic (exact) mass is 208 g/mol. The van der Waals surface area contributed by atoms with E-state index < -0.39 is 0 Å². The van der Waals surface area contributed by atoms with E-state index in [1.54, 1.807) is 0 Å². The van der Waals surface area contributed by atoms with Crippen molar-refractivity contribution >= 4 is 0 Å². The second kappa shape index (κ2) is 11.6. The summed E-state index contributed by atoms with van der Waals surface area (Å²) < 4.78 is 0. The van der Waals surface area contributed by atoms with Crippen molar-refractivity contribution in [2.24, 2.45) is 0 Å². The number of unbranched alkanes of at least 4 members (excludes halogenated alkanes) is 7. The van der Waals surface area contributed by atoms with Crippen molar-refractivity contribution in [2.45, 2.75) is 72.1 Å². The van der Waals surface area contributed by atoms with E-state index in [2.05, 4.69) is 39.0 Å². The van der Waals surface area contributed by atoms with Crippen LogP contribution in [0.4, 0.5) is 0 Å². The van der Waals surface area contributed by atoms with Gasteiger partial charge in [-0.3, -0.25) is 0 Å². The van der Waals surface area contributed by atoms with E-state index in [1.807, 2.05) is 0 Å². The van der Waals surface area contributed by atoms with Crippen LogP contribution >= 0.6 is 0 Å². The molecule has 0 rings (SSSR count). The molecule has 88 valence electrons. The SMILES string of the molecule is CC=C(C)/C=C/CCCCCCCCC. The zero-order chi connectivity index (χ0) is 11.4. The highest BCUT2D eigenvalue weighted by Gasteiger charge is 1.89. The van der Waals surface area contributed by atoms with Crippen LogP contribution in [0.1, 0.15) is 72.1 Å². The molecular formula is C15H28. The number of hydrogen-bond acceptors (Lipinski definition) is 0. The van der Waals surface area contributed by atoms with E-state index >= 15 is 0 Å². The van der Waals surface area contributed by atoms with Gasteiger partial charge in [0.05, 0.1) is 0 Å². The van der Waals surface area contributed by atoms with Gasteiger partial charge in [-0.2, -0.15) is 0 Å². The molecule has 0 aliphatic rings. The molecule has 0 aliphatic heterocycles. The molecule has 0 atom stereocenters. The molecule has 0 fully saturated rings.